The lowest BCUT2D eigenvalue weighted by Crippen LogP contribution is -1.93. The molecule has 0 aliphatic heterocycles. The van der Waals surface area contributed by atoms with Gasteiger partial charge in [-0.2, -0.15) is 0 Å². The quantitative estimate of drug-likeness (QED) is 0.614. The molecule has 1 aliphatic rings. The summed E-state index contributed by atoms with van der Waals surface area (Å²) in [5, 5.41) is 8.85. The summed E-state index contributed by atoms with van der Waals surface area (Å²) in [5.74, 6) is 0. The molecule has 1 N–H and O–H groups in total. The topological polar surface area (TPSA) is 55.1 Å². The number of aryl methyl sites for hydroxylation is 2. The number of fused-ring (bicyclic) bond motifs is 2. The Hall–Kier alpha value is -2.73. The first kappa shape index (κ1) is 13.7. The standard InChI is InChI=1S/C18H15N5S/c1-3-12-6-7-15(9-13(12)4-1)20-17-22-23-11-16(21-18(23)24-17)14-5-2-8-19-10-14/h2,5-11H,1,3-4H2,(H,20,22). The van der Waals surface area contributed by atoms with Gasteiger partial charge in [-0.1, -0.05) is 17.4 Å². The molecule has 0 spiro atoms. The van der Waals surface area contributed by atoms with E-state index in [-0.39, 0.29) is 0 Å². The Labute approximate surface area is 143 Å². The van der Waals surface area contributed by atoms with Crippen molar-refractivity contribution in [2.45, 2.75) is 19.3 Å². The first-order valence-electron chi connectivity index (χ1n) is 8.01. The van der Waals surface area contributed by atoms with Crippen LogP contribution in [0, 0.1) is 0 Å². The monoisotopic (exact) mass is 333 g/mol. The molecule has 118 valence electrons. The zero-order valence-electron chi connectivity index (χ0n) is 12.9. The number of nitrogens with one attached hydrogen (secondary N) is 1. The molecule has 6 heteroatoms. The van der Waals surface area contributed by atoms with Crippen molar-refractivity contribution in [3.8, 4) is 11.3 Å². The Bertz CT molecular complexity index is 987. The van der Waals surface area contributed by atoms with Crippen LogP contribution in [-0.4, -0.2) is 19.6 Å². The minimum Gasteiger partial charge on any atom is -0.330 e. The smallest absolute Gasteiger partial charge is 0.214 e. The molecule has 0 fully saturated rings. The second kappa shape index (κ2) is 5.42. The highest BCUT2D eigenvalue weighted by molar-refractivity contribution is 7.20. The van der Waals surface area contributed by atoms with Crippen LogP contribution in [0.4, 0.5) is 10.8 Å². The Kier molecular flexibility index (Phi) is 3.09. The number of benzene rings is 1. The van der Waals surface area contributed by atoms with Gasteiger partial charge in [0.25, 0.3) is 0 Å². The molecule has 0 atom stereocenters. The van der Waals surface area contributed by atoms with E-state index in [2.05, 4.69) is 38.6 Å². The summed E-state index contributed by atoms with van der Waals surface area (Å²) in [7, 11) is 0. The minimum atomic E-state index is 0.855. The van der Waals surface area contributed by atoms with Gasteiger partial charge in [0, 0.05) is 23.6 Å². The van der Waals surface area contributed by atoms with Gasteiger partial charge in [0.05, 0.1) is 11.9 Å². The van der Waals surface area contributed by atoms with Crippen LogP contribution in [0.15, 0.2) is 48.9 Å². The van der Waals surface area contributed by atoms with Gasteiger partial charge in [-0.25, -0.2) is 9.50 Å². The fraction of sp³-hybridized carbons (Fsp3) is 0.167. The van der Waals surface area contributed by atoms with Crippen molar-refractivity contribution in [3.05, 3.63) is 60.0 Å². The summed E-state index contributed by atoms with van der Waals surface area (Å²) < 4.78 is 1.82. The van der Waals surface area contributed by atoms with Gasteiger partial charge in [0.1, 0.15) is 0 Å². The molecule has 3 aromatic heterocycles. The number of pyridine rings is 1. The number of rotatable bonds is 3. The molecule has 0 amide bonds. The molecule has 4 aromatic rings. The van der Waals surface area contributed by atoms with E-state index < -0.39 is 0 Å². The number of imidazole rings is 1. The normalized spacial score (nSPS) is 13.3. The van der Waals surface area contributed by atoms with Crippen LogP contribution in [0.1, 0.15) is 17.5 Å². The summed E-state index contributed by atoms with van der Waals surface area (Å²) in [6.45, 7) is 0. The first-order chi connectivity index (χ1) is 11.8. The highest BCUT2D eigenvalue weighted by Crippen LogP contribution is 2.29. The molecule has 1 aliphatic carbocycles. The lowest BCUT2D eigenvalue weighted by Gasteiger charge is -2.05. The number of anilines is 2. The van der Waals surface area contributed by atoms with E-state index in [1.807, 2.05) is 29.0 Å². The number of nitrogens with zero attached hydrogens (tertiary/aromatic N) is 4. The third kappa shape index (κ3) is 2.35. The predicted molar refractivity (Wildman–Crippen MR) is 95.8 cm³/mol. The number of hydrogen-bond acceptors (Lipinski definition) is 5. The minimum absolute atomic E-state index is 0.855. The van der Waals surface area contributed by atoms with Gasteiger partial charge >= 0.3 is 0 Å². The molecule has 5 rings (SSSR count). The van der Waals surface area contributed by atoms with Crippen molar-refractivity contribution in [3.63, 3.8) is 0 Å². The largest absolute Gasteiger partial charge is 0.330 e. The molecular formula is C18H15N5S. The maximum absolute atomic E-state index is 4.64. The maximum Gasteiger partial charge on any atom is 0.214 e. The second-order valence-corrected chi connectivity index (χ2v) is 6.92. The van der Waals surface area contributed by atoms with Crippen molar-refractivity contribution in [1.82, 2.24) is 19.6 Å². The fourth-order valence-corrected chi connectivity index (χ4v) is 3.98. The highest BCUT2D eigenvalue weighted by atomic mass is 32.1. The Morgan fingerprint density at radius 3 is 2.96 bits per heavy atom. The van der Waals surface area contributed by atoms with Crippen LogP contribution in [0.5, 0.6) is 0 Å². The van der Waals surface area contributed by atoms with E-state index in [9.17, 15) is 0 Å². The van der Waals surface area contributed by atoms with Crippen LogP contribution in [0.2, 0.25) is 0 Å². The number of aromatic nitrogens is 4. The average Bonchev–Trinajstić information content (AvgIpc) is 3.29. The molecule has 0 radical (unpaired) electrons. The molecule has 0 saturated carbocycles. The third-order valence-electron chi connectivity index (χ3n) is 4.35. The molecule has 1 aromatic carbocycles. The fourth-order valence-electron chi connectivity index (χ4n) is 3.18. The lowest BCUT2D eigenvalue weighted by atomic mass is 10.1. The van der Waals surface area contributed by atoms with Crippen LogP contribution >= 0.6 is 11.3 Å². The molecular weight excluding hydrogens is 318 g/mol. The van der Waals surface area contributed by atoms with Crippen molar-refractivity contribution >= 4 is 27.1 Å². The van der Waals surface area contributed by atoms with E-state index in [0.29, 0.717) is 0 Å². The Morgan fingerprint density at radius 1 is 1.12 bits per heavy atom. The van der Waals surface area contributed by atoms with Gasteiger partial charge in [-0.05, 0) is 54.7 Å². The summed E-state index contributed by atoms with van der Waals surface area (Å²) in [4.78, 5) is 9.65. The molecule has 24 heavy (non-hydrogen) atoms. The lowest BCUT2D eigenvalue weighted by molar-refractivity contribution is 0.912. The molecule has 5 nitrogen and oxygen atoms in total. The van der Waals surface area contributed by atoms with E-state index in [0.717, 1.165) is 27.0 Å². The predicted octanol–water partition coefficient (Wildman–Crippen LogP) is 4.09. The van der Waals surface area contributed by atoms with E-state index >= 15 is 0 Å². The number of hydrogen-bond donors (Lipinski definition) is 1. The first-order valence-corrected chi connectivity index (χ1v) is 8.82. The third-order valence-corrected chi connectivity index (χ3v) is 5.19. The van der Waals surface area contributed by atoms with E-state index in [1.165, 1.54) is 30.4 Å². The van der Waals surface area contributed by atoms with Gasteiger partial charge < -0.3 is 5.32 Å². The Morgan fingerprint density at radius 2 is 2.08 bits per heavy atom. The SMILES string of the molecule is c1cncc(-c2cn3nc(Nc4ccc5c(c4)CCC5)sc3n2)c1. The highest BCUT2D eigenvalue weighted by Gasteiger charge is 2.13. The summed E-state index contributed by atoms with van der Waals surface area (Å²) >= 11 is 1.55. The van der Waals surface area contributed by atoms with Crippen LogP contribution in [0.25, 0.3) is 16.2 Å². The zero-order chi connectivity index (χ0) is 15.9. The molecule has 0 saturated heterocycles. The van der Waals surface area contributed by atoms with Gasteiger partial charge in [0.2, 0.25) is 10.1 Å². The zero-order valence-corrected chi connectivity index (χ0v) is 13.8. The van der Waals surface area contributed by atoms with Crippen molar-refractivity contribution in [2.75, 3.05) is 5.32 Å². The van der Waals surface area contributed by atoms with Crippen LogP contribution in [0.3, 0.4) is 0 Å². The van der Waals surface area contributed by atoms with E-state index in [1.54, 1.807) is 17.5 Å². The molecule has 3 heterocycles. The second-order valence-electron chi connectivity index (χ2n) is 5.96. The van der Waals surface area contributed by atoms with Crippen LogP contribution in [-0.2, 0) is 12.8 Å². The molecule has 0 bridgehead atoms. The van der Waals surface area contributed by atoms with Crippen molar-refractivity contribution in [1.29, 1.82) is 0 Å². The van der Waals surface area contributed by atoms with E-state index in [4.69, 9.17) is 0 Å². The average molecular weight is 333 g/mol. The Balaban J connectivity index is 1.43. The van der Waals surface area contributed by atoms with Crippen molar-refractivity contribution in [2.24, 2.45) is 0 Å². The van der Waals surface area contributed by atoms with Crippen molar-refractivity contribution < 1.29 is 0 Å². The maximum atomic E-state index is 4.64. The summed E-state index contributed by atoms with van der Waals surface area (Å²) in [6, 6.07) is 10.5. The summed E-state index contributed by atoms with van der Waals surface area (Å²) in [6.07, 6.45) is 9.17. The van der Waals surface area contributed by atoms with Crippen LogP contribution < -0.4 is 5.32 Å². The molecule has 0 unspecified atom stereocenters. The van der Waals surface area contributed by atoms with Gasteiger partial charge in [-0.3, -0.25) is 4.98 Å². The summed E-state index contributed by atoms with van der Waals surface area (Å²) in [5.41, 5.74) is 5.94. The van der Waals surface area contributed by atoms with Gasteiger partial charge in [0.15, 0.2) is 0 Å². The van der Waals surface area contributed by atoms with Gasteiger partial charge in [-0.15, -0.1) is 5.10 Å².